The van der Waals surface area contributed by atoms with Crippen LogP contribution in [0.5, 0.6) is 0 Å². The van der Waals surface area contributed by atoms with Crippen molar-refractivity contribution in [1.82, 2.24) is 10.2 Å². The molecule has 0 radical (unpaired) electrons. The van der Waals surface area contributed by atoms with E-state index in [0.29, 0.717) is 12.1 Å². The van der Waals surface area contributed by atoms with E-state index in [0.717, 1.165) is 26.1 Å². The van der Waals surface area contributed by atoms with Crippen LogP contribution in [0, 0.1) is 0 Å². The molecular formula is C13H18N2O. The molecule has 3 atom stereocenters. The van der Waals surface area contributed by atoms with Gasteiger partial charge in [0, 0.05) is 31.7 Å². The van der Waals surface area contributed by atoms with E-state index >= 15 is 0 Å². The van der Waals surface area contributed by atoms with Crippen molar-refractivity contribution in [2.45, 2.75) is 24.6 Å². The van der Waals surface area contributed by atoms with Gasteiger partial charge in [-0.15, -0.1) is 0 Å². The lowest BCUT2D eigenvalue weighted by molar-refractivity contribution is 0.153. The van der Waals surface area contributed by atoms with E-state index in [1.807, 2.05) is 0 Å². The summed E-state index contributed by atoms with van der Waals surface area (Å²) in [5.74, 6) is 0. The van der Waals surface area contributed by atoms with Gasteiger partial charge in [0.1, 0.15) is 0 Å². The van der Waals surface area contributed by atoms with Crippen LogP contribution in [0.25, 0.3) is 0 Å². The number of nitrogens with zero attached hydrogens (tertiary/aromatic N) is 1. The number of rotatable bonds is 1. The van der Waals surface area contributed by atoms with Crippen LogP contribution in [0.3, 0.4) is 0 Å². The number of aliphatic hydroxyl groups excluding tert-OH is 1. The van der Waals surface area contributed by atoms with Crippen LogP contribution in [-0.4, -0.2) is 41.8 Å². The van der Waals surface area contributed by atoms with Crippen molar-refractivity contribution >= 4 is 0 Å². The highest BCUT2D eigenvalue weighted by atomic mass is 16.3. The summed E-state index contributed by atoms with van der Waals surface area (Å²) in [7, 11) is 0. The van der Waals surface area contributed by atoms with E-state index in [2.05, 4.69) is 40.5 Å². The van der Waals surface area contributed by atoms with Gasteiger partial charge in [0.15, 0.2) is 0 Å². The van der Waals surface area contributed by atoms with Crippen LogP contribution in [-0.2, 0) is 0 Å². The quantitative estimate of drug-likeness (QED) is 0.730. The Balaban J connectivity index is 1.72. The Morgan fingerprint density at radius 3 is 2.81 bits per heavy atom. The van der Waals surface area contributed by atoms with E-state index in [4.69, 9.17) is 0 Å². The standard InChI is InChI=1S/C13H18N2O/c16-12-6-11-7-14-13(9-15(11)8-12)10-4-2-1-3-5-10/h1-5,11-14,16H,6-9H2/t11-,12+,13+/m0/s1. The number of piperazine rings is 1. The van der Waals surface area contributed by atoms with Gasteiger partial charge in [0.2, 0.25) is 0 Å². The zero-order valence-corrected chi connectivity index (χ0v) is 9.34. The van der Waals surface area contributed by atoms with Gasteiger partial charge in [-0.25, -0.2) is 0 Å². The van der Waals surface area contributed by atoms with Crippen molar-refractivity contribution in [3.05, 3.63) is 35.9 Å². The molecule has 0 amide bonds. The lowest BCUT2D eigenvalue weighted by atomic mass is 10.0. The fourth-order valence-electron chi connectivity index (χ4n) is 2.88. The molecule has 2 aliphatic rings. The third-order valence-electron chi connectivity index (χ3n) is 3.72. The zero-order chi connectivity index (χ0) is 11.0. The van der Waals surface area contributed by atoms with E-state index in [1.54, 1.807) is 0 Å². The normalized spacial score (nSPS) is 34.9. The number of aliphatic hydroxyl groups is 1. The molecule has 2 aliphatic heterocycles. The summed E-state index contributed by atoms with van der Waals surface area (Å²) in [6.07, 6.45) is 0.801. The Morgan fingerprint density at radius 2 is 2.00 bits per heavy atom. The average molecular weight is 218 g/mol. The minimum Gasteiger partial charge on any atom is -0.392 e. The maximum atomic E-state index is 9.65. The first-order chi connectivity index (χ1) is 7.83. The molecule has 0 unspecified atom stereocenters. The van der Waals surface area contributed by atoms with E-state index in [-0.39, 0.29) is 6.10 Å². The molecule has 0 aromatic heterocycles. The average Bonchev–Trinajstić information content (AvgIpc) is 2.69. The Bertz CT molecular complexity index is 354. The summed E-state index contributed by atoms with van der Waals surface area (Å²) < 4.78 is 0. The smallest absolute Gasteiger partial charge is 0.0682 e. The largest absolute Gasteiger partial charge is 0.392 e. The molecule has 2 heterocycles. The zero-order valence-electron chi connectivity index (χ0n) is 9.34. The van der Waals surface area contributed by atoms with Gasteiger partial charge in [0.25, 0.3) is 0 Å². The molecule has 2 fully saturated rings. The predicted octanol–water partition coefficient (Wildman–Crippen LogP) is 0.766. The van der Waals surface area contributed by atoms with Gasteiger partial charge in [0.05, 0.1) is 6.10 Å². The lowest BCUT2D eigenvalue weighted by Crippen LogP contribution is -2.49. The SMILES string of the molecule is O[C@@H]1C[C@H]2CN[C@@H](c3ccccc3)CN2C1. The van der Waals surface area contributed by atoms with E-state index < -0.39 is 0 Å². The second-order valence-electron chi connectivity index (χ2n) is 4.87. The van der Waals surface area contributed by atoms with Gasteiger partial charge in [-0.3, -0.25) is 4.90 Å². The van der Waals surface area contributed by atoms with Crippen LogP contribution in [0.2, 0.25) is 0 Å². The molecule has 3 rings (SSSR count). The van der Waals surface area contributed by atoms with Gasteiger partial charge < -0.3 is 10.4 Å². The summed E-state index contributed by atoms with van der Waals surface area (Å²) in [5, 5.41) is 13.2. The van der Waals surface area contributed by atoms with E-state index in [9.17, 15) is 5.11 Å². The third kappa shape index (κ3) is 1.86. The number of nitrogens with one attached hydrogen (secondary N) is 1. The van der Waals surface area contributed by atoms with Crippen LogP contribution < -0.4 is 5.32 Å². The first-order valence-electron chi connectivity index (χ1n) is 6.03. The highest BCUT2D eigenvalue weighted by Crippen LogP contribution is 2.26. The molecule has 0 saturated carbocycles. The minimum absolute atomic E-state index is 0.124. The first kappa shape index (κ1) is 10.3. The Hall–Kier alpha value is -0.900. The molecule has 2 N–H and O–H groups in total. The maximum Gasteiger partial charge on any atom is 0.0682 e. The van der Waals surface area contributed by atoms with Gasteiger partial charge in [-0.1, -0.05) is 30.3 Å². The molecular weight excluding hydrogens is 200 g/mol. The molecule has 16 heavy (non-hydrogen) atoms. The van der Waals surface area contributed by atoms with Crippen LogP contribution in [0.4, 0.5) is 0 Å². The van der Waals surface area contributed by atoms with Crippen molar-refractivity contribution in [3.8, 4) is 0 Å². The Morgan fingerprint density at radius 1 is 1.19 bits per heavy atom. The second kappa shape index (κ2) is 4.17. The van der Waals surface area contributed by atoms with Crippen molar-refractivity contribution < 1.29 is 5.11 Å². The summed E-state index contributed by atoms with van der Waals surface area (Å²) in [6.45, 7) is 2.86. The summed E-state index contributed by atoms with van der Waals surface area (Å²) in [6, 6.07) is 11.5. The van der Waals surface area contributed by atoms with Crippen molar-refractivity contribution in [2.24, 2.45) is 0 Å². The second-order valence-corrected chi connectivity index (χ2v) is 4.87. The maximum absolute atomic E-state index is 9.65. The lowest BCUT2D eigenvalue weighted by Gasteiger charge is -2.36. The Kier molecular flexibility index (Phi) is 2.67. The fourth-order valence-corrected chi connectivity index (χ4v) is 2.88. The molecule has 3 heteroatoms. The fraction of sp³-hybridized carbons (Fsp3) is 0.538. The van der Waals surface area contributed by atoms with Crippen molar-refractivity contribution in [3.63, 3.8) is 0 Å². The summed E-state index contributed by atoms with van der Waals surface area (Å²) in [4.78, 5) is 2.42. The molecule has 1 aromatic rings. The van der Waals surface area contributed by atoms with Crippen LogP contribution >= 0.6 is 0 Å². The molecule has 0 aliphatic carbocycles. The minimum atomic E-state index is -0.124. The number of hydrogen-bond acceptors (Lipinski definition) is 3. The molecule has 3 nitrogen and oxygen atoms in total. The summed E-state index contributed by atoms with van der Waals surface area (Å²) in [5.41, 5.74) is 1.35. The van der Waals surface area contributed by atoms with E-state index in [1.165, 1.54) is 5.56 Å². The highest BCUT2D eigenvalue weighted by Gasteiger charge is 2.35. The predicted molar refractivity (Wildman–Crippen MR) is 63.2 cm³/mol. The first-order valence-corrected chi connectivity index (χ1v) is 6.03. The monoisotopic (exact) mass is 218 g/mol. The highest BCUT2D eigenvalue weighted by molar-refractivity contribution is 5.20. The van der Waals surface area contributed by atoms with Crippen molar-refractivity contribution in [1.29, 1.82) is 0 Å². The number of fused-ring (bicyclic) bond motifs is 1. The Labute approximate surface area is 96.1 Å². The number of benzene rings is 1. The van der Waals surface area contributed by atoms with Crippen LogP contribution in [0.1, 0.15) is 18.0 Å². The van der Waals surface area contributed by atoms with Gasteiger partial charge >= 0.3 is 0 Å². The molecule has 0 spiro atoms. The topological polar surface area (TPSA) is 35.5 Å². The molecule has 86 valence electrons. The molecule has 2 saturated heterocycles. The van der Waals surface area contributed by atoms with Gasteiger partial charge in [-0.05, 0) is 12.0 Å². The molecule has 1 aromatic carbocycles. The third-order valence-corrected chi connectivity index (χ3v) is 3.72. The van der Waals surface area contributed by atoms with Gasteiger partial charge in [-0.2, -0.15) is 0 Å². The van der Waals surface area contributed by atoms with Crippen LogP contribution in [0.15, 0.2) is 30.3 Å². The summed E-state index contributed by atoms with van der Waals surface area (Å²) >= 11 is 0. The molecule has 0 bridgehead atoms. The van der Waals surface area contributed by atoms with Crippen molar-refractivity contribution in [2.75, 3.05) is 19.6 Å². The number of hydrogen-bond donors (Lipinski definition) is 2.